The Bertz CT molecular complexity index is 609. The van der Waals surface area contributed by atoms with Crippen molar-refractivity contribution in [2.75, 3.05) is 30.3 Å². The first-order valence-electron chi connectivity index (χ1n) is 5.80. The zero-order valence-corrected chi connectivity index (χ0v) is 10.2. The smallest absolute Gasteiger partial charge is 0.258 e. The molecule has 0 saturated carbocycles. The van der Waals surface area contributed by atoms with Gasteiger partial charge in [-0.05, 0) is 19.1 Å². The second-order valence-corrected chi connectivity index (χ2v) is 3.96. The molecule has 1 heterocycles. The maximum Gasteiger partial charge on any atom is 0.258 e. The van der Waals surface area contributed by atoms with Crippen LogP contribution in [-0.2, 0) is 0 Å². The van der Waals surface area contributed by atoms with Gasteiger partial charge in [0.2, 0.25) is 0 Å². The van der Waals surface area contributed by atoms with E-state index in [0.29, 0.717) is 23.1 Å². The predicted octanol–water partition coefficient (Wildman–Crippen LogP) is 0.324. The topological polar surface area (TPSA) is 95.2 Å². The molecular weight excluding hydrogens is 232 g/mol. The van der Waals surface area contributed by atoms with Gasteiger partial charge in [0.1, 0.15) is 0 Å². The standard InChI is InChI=1S/C12H16N4O2/c1-2-16(3-4-17)11-6-10-8(5-9(11)13)12(18)15-7-14-10/h5-7,17H,2-4,13H2,1H3,(H,14,15,18). The number of nitrogens with one attached hydrogen (secondary N) is 1. The fourth-order valence-electron chi connectivity index (χ4n) is 1.96. The summed E-state index contributed by atoms with van der Waals surface area (Å²) in [5, 5.41) is 9.50. The highest BCUT2D eigenvalue weighted by molar-refractivity contribution is 5.88. The number of H-pyrrole nitrogens is 1. The molecule has 6 nitrogen and oxygen atoms in total. The predicted molar refractivity (Wildman–Crippen MR) is 71.7 cm³/mol. The molecule has 0 atom stereocenters. The van der Waals surface area contributed by atoms with Crippen LogP contribution in [0.2, 0.25) is 0 Å². The van der Waals surface area contributed by atoms with Crippen molar-refractivity contribution >= 4 is 22.3 Å². The van der Waals surface area contributed by atoms with Gasteiger partial charge >= 0.3 is 0 Å². The fraction of sp³-hybridized carbons (Fsp3) is 0.333. The molecule has 4 N–H and O–H groups in total. The number of hydrogen-bond acceptors (Lipinski definition) is 5. The number of nitrogens with zero attached hydrogens (tertiary/aromatic N) is 2. The monoisotopic (exact) mass is 248 g/mol. The van der Waals surface area contributed by atoms with Crippen molar-refractivity contribution in [2.45, 2.75) is 6.92 Å². The second-order valence-electron chi connectivity index (χ2n) is 3.96. The molecule has 0 unspecified atom stereocenters. The lowest BCUT2D eigenvalue weighted by molar-refractivity contribution is 0.302. The summed E-state index contributed by atoms with van der Waals surface area (Å²) in [7, 11) is 0. The first-order valence-corrected chi connectivity index (χ1v) is 5.80. The van der Waals surface area contributed by atoms with Crippen LogP contribution in [0, 0.1) is 0 Å². The molecule has 18 heavy (non-hydrogen) atoms. The van der Waals surface area contributed by atoms with Gasteiger partial charge in [0, 0.05) is 13.1 Å². The minimum atomic E-state index is -0.205. The number of nitrogens with two attached hydrogens (primary N) is 1. The number of rotatable bonds is 4. The maximum atomic E-state index is 11.6. The van der Waals surface area contributed by atoms with Crippen LogP contribution in [0.25, 0.3) is 10.9 Å². The van der Waals surface area contributed by atoms with E-state index in [4.69, 9.17) is 10.8 Å². The molecule has 1 aromatic carbocycles. The van der Waals surface area contributed by atoms with Crippen molar-refractivity contribution in [1.29, 1.82) is 0 Å². The third-order valence-corrected chi connectivity index (χ3v) is 2.88. The van der Waals surface area contributed by atoms with E-state index < -0.39 is 0 Å². The van der Waals surface area contributed by atoms with Crippen molar-refractivity contribution in [3.05, 3.63) is 28.8 Å². The Labute approximate surface area is 104 Å². The lowest BCUT2D eigenvalue weighted by atomic mass is 10.1. The van der Waals surface area contributed by atoms with Crippen molar-refractivity contribution in [3.63, 3.8) is 0 Å². The van der Waals surface area contributed by atoms with Crippen LogP contribution >= 0.6 is 0 Å². The largest absolute Gasteiger partial charge is 0.397 e. The minimum absolute atomic E-state index is 0.0497. The van der Waals surface area contributed by atoms with E-state index in [9.17, 15) is 4.79 Å². The quantitative estimate of drug-likeness (QED) is 0.677. The van der Waals surface area contributed by atoms with E-state index in [1.165, 1.54) is 6.33 Å². The van der Waals surface area contributed by atoms with Crippen molar-refractivity contribution in [1.82, 2.24) is 9.97 Å². The van der Waals surface area contributed by atoms with Gasteiger partial charge in [-0.25, -0.2) is 4.98 Å². The van der Waals surface area contributed by atoms with E-state index in [2.05, 4.69) is 9.97 Å². The van der Waals surface area contributed by atoms with Gasteiger partial charge in [-0.15, -0.1) is 0 Å². The zero-order chi connectivity index (χ0) is 13.1. The van der Waals surface area contributed by atoms with Crippen LogP contribution in [0.1, 0.15) is 6.92 Å². The molecule has 1 aromatic heterocycles. The first kappa shape index (κ1) is 12.4. The summed E-state index contributed by atoms with van der Waals surface area (Å²) in [5.41, 5.74) is 7.65. The van der Waals surface area contributed by atoms with Crippen LogP contribution in [0.3, 0.4) is 0 Å². The summed E-state index contributed by atoms with van der Waals surface area (Å²) < 4.78 is 0. The molecule has 0 bridgehead atoms. The van der Waals surface area contributed by atoms with Crippen LogP contribution in [-0.4, -0.2) is 34.8 Å². The Morgan fingerprint density at radius 1 is 1.50 bits per heavy atom. The van der Waals surface area contributed by atoms with Crippen LogP contribution in [0.5, 0.6) is 0 Å². The van der Waals surface area contributed by atoms with Crippen LogP contribution in [0.15, 0.2) is 23.3 Å². The van der Waals surface area contributed by atoms with E-state index >= 15 is 0 Å². The van der Waals surface area contributed by atoms with Gasteiger partial charge in [0.05, 0.1) is 35.2 Å². The van der Waals surface area contributed by atoms with E-state index in [1.54, 1.807) is 12.1 Å². The van der Waals surface area contributed by atoms with Crippen molar-refractivity contribution in [3.8, 4) is 0 Å². The molecule has 0 spiro atoms. The fourth-order valence-corrected chi connectivity index (χ4v) is 1.96. The molecule has 96 valence electrons. The number of aromatic amines is 1. The van der Waals surface area contributed by atoms with Crippen molar-refractivity contribution < 1.29 is 5.11 Å². The van der Waals surface area contributed by atoms with Gasteiger partial charge in [-0.2, -0.15) is 0 Å². The summed E-state index contributed by atoms with van der Waals surface area (Å²) in [4.78, 5) is 20.2. The Morgan fingerprint density at radius 2 is 2.28 bits per heavy atom. The first-order chi connectivity index (χ1) is 8.67. The van der Waals surface area contributed by atoms with E-state index in [1.807, 2.05) is 11.8 Å². The molecule has 0 saturated heterocycles. The Morgan fingerprint density at radius 3 is 2.94 bits per heavy atom. The zero-order valence-electron chi connectivity index (χ0n) is 10.2. The minimum Gasteiger partial charge on any atom is -0.397 e. The van der Waals surface area contributed by atoms with E-state index in [-0.39, 0.29) is 12.2 Å². The van der Waals surface area contributed by atoms with Gasteiger partial charge in [-0.1, -0.05) is 0 Å². The molecule has 0 aliphatic rings. The highest BCUT2D eigenvalue weighted by atomic mass is 16.3. The van der Waals surface area contributed by atoms with E-state index in [0.717, 1.165) is 12.2 Å². The summed E-state index contributed by atoms with van der Waals surface area (Å²) in [6.45, 7) is 3.24. The molecule has 0 radical (unpaired) electrons. The van der Waals surface area contributed by atoms with Gasteiger partial charge in [0.25, 0.3) is 5.56 Å². The van der Waals surface area contributed by atoms with Crippen molar-refractivity contribution in [2.24, 2.45) is 0 Å². The number of benzene rings is 1. The van der Waals surface area contributed by atoms with Gasteiger partial charge < -0.3 is 20.7 Å². The number of aromatic nitrogens is 2. The normalized spacial score (nSPS) is 10.8. The summed E-state index contributed by atoms with van der Waals surface area (Å²) in [6, 6.07) is 3.40. The number of hydrogen-bond donors (Lipinski definition) is 3. The third-order valence-electron chi connectivity index (χ3n) is 2.88. The highest BCUT2D eigenvalue weighted by Crippen LogP contribution is 2.26. The molecule has 6 heteroatoms. The average Bonchev–Trinajstić information content (AvgIpc) is 2.37. The van der Waals surface area contributed by atoms with Crippen LogP contribution < -0.4 is 16.2 Å². The summed E-state index contributed by atoms with van der Waals surface area (Å²) in [6.07, 6.45) is 1.37. The number of aliphatic hydroxyl groups is 1. The second kappa shape index (κ2) is 5.05. The molecule has 0 amide bonds. The lowest BCUT2D eigenvalue weighted by Crippen LogP contribution is -2.27. The summed E-state index contributed by atoms with van der Waals surface area (Å²) >= 11 is 0. The molecular formula is C12H16N4O2. The lowest BCUT2D eigenvalue weighted by Gasteiger charge is -2.23. The molecule has 0 fully saturated rings. The number of nitrogen functional groups attached to an aromatic ring is 1. The Hall–Kier alpha value is -2.08. The molecule has 2 rings (SSSR count). The van der Waals surface area contributed by atoms with Gasteiger partial charge in [-0.3, -0.25) is 4.79 Å². The Kier molecular flexibility index (Phi) is 3.47. The summed E-state index contributed by atoms with van der Waals surface area (Å²) in [5.74, 6) is 0. The number of likely N-dealkylation sites (N-methyl/N-ethyl adjacent to an activating group) is 1. The third kappa shape index (κ3) is 2.14. The molecule has 2 aromatic rings. The maximum absolute atomic E-state index is 11.6. The number of aliphatic hydroxyl groups excluding tert-OH is 1. The highest BCUT2D eigenvalue weighted by Gasteiger charge is 2.11. The van der Waals surface area contributed by atoms with Crippen LogP contribution in [0.4, 0.5) is 11.4 Å². The molecule has 0 aliphatic heterocycles. The Balaban J connectivity index is 2.59. The average molecular weight is 248 g/mol. The van der Waals surface area contributed by atoms with Gasteiger partial charge in [0.15, 0.2) is 0 Å². The SMILES string of the molecule is CCN(CCO)c1cc2nc[nH]c(=O)c2cc1N. The number of anilines is 2. The molecule has 0 aliphatic carbocycles. The number of fused-ring (bicyclic) bond motifs is 1.